The fraction of sp³-hybridized carbons (Fsp3) is 0. The summed E-state index contributed by atoms with van der Waals surface area (Å²) in [6, 6.07) is 9.70. The van der Waals surface area contributed by atoms with Crippen molar-refractivity contribution >= 4 is 44.1 Å². The smallest absolute Gasteiger partial charge is 0.200 e. The van der Waals surface area contributed by atoms with E-state index in [1.165, 1.54) is 0 Å². The van der Waals surface area contributed by atoms with Crippen molar-refractivity contribution in [3.05, 3.63) is 56.4 Å². The number of benzene rings is 1. The van der Waals surface area contributed by atoms with Crippen molar-refractivity contribution in [2.45, 2.75) is 0 Å². The van der Waals surface area contributed by atoms with Gasteiger partial charge in [0.25, 0.3) is 0 Å². The number of pyridine rings is 1. The molecule has 0 aliphatic heterocycles. The Morgan fingerprint density at radius 3 is 2.60 bits per heavy atom. The van der Waals surface area contributed by atoms with E-state index in [1.807, 2.05) is 34.9 Å². The summed E-state index contributed by atoms with van der Waals surface area (Å²) in [6.07, 6.45) is 3.46. The third-order valence-electron chi connectivity index (χ3n) is 2.76. The molecule has 0 unspecified atom stereocenters. The molecular weight excluding hydrogens is 404 g/mol. The van der Waals surface area contributed by atoms with Gasteiger partial charge in [-0.3, -0.25) is 14.6 Å². The zero-order valence-corrected chi connectivity index (χ0v) is 14.0. The van der Waals surface area contributed by atoms with Crippen LogP contribution >= 0.6 is 44.1 Å². The number of nitrogens with one attached hydrogen (secondary N) is 1. The minimum atomic E-state index is 0.538. The molecule has 0 atom stereocenters. The second kappa shape index (κ2) is 5.59. The zero-order chi connectivity index (χ0) is 14.1. The number of aromatic nitrogens is 4. The quantitative estimate of drug-likeness (QED) is 0.630. The lowest BCUT2D eigenvalue weighted by Gasteiger charge is -2.09. The van der Waals surface area contributed by atoms with Gasteiger partial charge >= 0.3 is 0 Å². The summed E-state index contributed by atoms with van der Waals surface area (Å²) in [7, 11) is 0. The molecule has 0 saturated heterocycles. The highest BCUT2D eigenvalue weighted by Crippen LogP contribution is 2.29. The molecule has 0 aliphatic rings. The second-order valence-electron chi connectivity index (χ2n) is 4.02. The molecule has 0 bridgehead atoms. The van der Waals surface area contributed by atoms with Crippen LogP contribution < -0.4 is 0 Å². The fourth-order valence-electron chi connectivity index (χ4n) is 1.87. The maximum Gasteiger partial charge on any atom is 0.200 e. The monoisotopic (exact) mass is 410 g/mol. The highest BCUT2D eigenvalue weighted by molar-refractivity contribution is 9.11. The predicted octanol–water partition coefficient (Wildman–Crippen LogP) is 4.52. The average molecular weight is 412 g/mol. The third-order valence-corrected chi connectivity index (χ3v) is 4.20. The Kier molecular flexibility index (Phi) is 3.82. The fourth-order valence-corrected chi connectivity index (χ4v) is 2.88. The summed E-state index contributed by atoms with van der Waals surface area (Å²) in [5.74, 6) is 0.746. The Labute approximate surface area is 137 Å². The molecule has 0 amide bonds. The topological polar surface area (TPSA) is 46.5 Å². The molecule has 3 rings (SSSR count). The maximum absolute atomic E-state index is 5.35. The summed E-state index contributed by atoms with van der Waals surface area (Å²) in [5.41, 5.74) is 1.86. The van der Waals surface area contributed by atoms with Gasteiger partial charge < -0.3 is 0 Å². The summed E-state index contributed by atoms with van der Waals surface area (Å²) in [4.78, 5) is 4.02. The van der Waals surface area contributed by atoms with Crippen LogP contribution in [0.2, 0.25) is 0 Å². The zero-order valence-electron chi connectivity index (χ0n) is 10.0. The van der Waals surface area contributed by atoms with E-state index in [1.54, 1.807) is 12.4 Å². The molecule has 2 heterocycles. The van der Waals surface area contributed by atoms with E-state index >= 15 is 0 Å². The molecule has 0 radical (unpaired) electrons. The van der Waals surface area contributed by atoms with E-state index in [0.29, 0.717) is 4.77 Å². The van der Waals surface area contributed by atoms with Crippen molar-refractivity contribution in [3.8, 4) is 17.1 Å². The molecule has 0 saturated carbocycles. The Morgan fingerprint density at radius 1 is 1.10 bits per heavy atom. The summed E-state index contributed by atoms with van der Waals surface area (Å²) in [6.45, 7) is 0. The molecular formula is C13H8Br2N4S. The van der Waals surface area contributed by atoms with E-state index < -0.39 is 0 Å². The molecule has 100 valence electrons. The largest absolute Gasteiger partial charge is 0.267 e. The molecule has 1 aromatic carbocycles. The number of hydrogen-bond acceptors (Lipinski definition) is 3. The average Bonchev–Trinajstić information content (AvgIpc) is 2.84. The van der Waals surface area contributed by atoms with E-state index in [0.717, 1.165) is 26.0 Å². The number of nitrogens with zero attached hydrogens (tertiary/aromatic N) is 3. The van der Waals surface area contributed by atoms with Crippen molar-refractivity contribution in [2.24, 2.45) is 0 Å². The van der Waals surface area contributed by atoms with E-state index in [9.17, 15) is 0 Å². The molecule has 0 fully saturated rings. The van der Waals surface area contributed by atoms with Crippen LogP contribution in [0, 0.1) is 4.77 Å². The minimum absolute atomic E-state index is 0.538. The van der Waals surface area contributed by atoms with Gasteiger partial charge in [0.2, 0.25) is 0 Å². The first kappa shape index (κ1) is 13.7. The lowest BCUT2D eigenvalue weighted by molar-refractivity contribution is 1.03. The van der Waals surface area contributed by atoms with Gasteiger partial charge in [0.05, 0.1) is 5.69 Å². The summed E-state index contributed by atoms with van der Waals surface area (Å²) < 4.78 is 4.34. The minimum Gasteiger partial charge on any atom is -0.267 e. The molecule has 7 heteroatoms. The van der Waals surface area contributed by atoms with Gasteiger partial charge in [0, 0.05) is 26.9 Å². The summed E-state index contributed by atoms with van der Waals surface area (Å²) >= 11 is 12.4. The van der Waals surface area contributed by atoms with Gasteiger partial charge in [0.1, 0.15) is 0 Å². The molecule has 1 N–H and O–H groups in total. The number of rotatable bonds is 2. The molecule has 4 nitrogen and oxygen atoms in total. The van der Waals surface area contributed by atoms with Gasteiger partial charge in [-0.15, -0.1) is 0 Å². The van der Waals surface area contributed by atoms with Crippen LogP contribution in [0.5, 0.6) is 0 Å². The first-order chi connectivity index (χ1) is 9.66. The standard InChI is InChI=1S/C13H8Br2N4S/c14-9-1-2-10(15)11(7-9)19-12(17-18-13(19)20)8-3-5-16-6-4-8/h1-7H,(H,18,20). The van der Waals surface area contributed by atoms with Crippen LogP contribution in [0.4, 0.5) is 0 Å². The van der Waals surface area contributed by atoms with Crippen LogP contribution in [0.3, 0.4) is 0 Å². The number of H-pyrrole nitrogens is 1. The van der Waals surface area contributed by atoms with Crippen LogP contribution in [0.1, 0.15) is 0 Å². The third kappa shape index (κ3) is 2.48. The van der Waals surface area contributed by atoms with Crippen LogP contribution in [0.25, 0.3) is 17.1 Å². The highest BCUT2D eigenvalue weighted by Gasteiger charge is 2.13. The first-order valence-electron chi connectivity index (χ1n) is 5.70. The first-order valence-corrected chi connectivity index (χ1v) is 7.69. The molecule has 2 aromatic heterocycles. The van der Waals surface area contributed by atoms with Crippen molar-refractivity contribution in [3.63, 3.8) is 0 Å². The van der Waals surface area contributed by atoms with E-state index in [-0.39, 0.29) is 0 Å². The van der Waals surface area contributed by atoms with Gasteiger partial charge in [-0.1, -0.05) is 15.9 Å². The van der Waals surface area contributed by atoms with E-state index in [2.05, 4.69) is 47.0 Å². The molecule has 0 spiro atoms. The molecule has 0 aliphatic carbocycles. The van der Waals surface area contributed by atoms with Gasteiger partial charge in [-0.05, 0) is 58.5 Å². The highest BCUT2D eigenvalue weighted by atomic mass is 79.9. The molecule has 3 aromatic rings. The normalized spacial score (nSPS) is 10.7. The van der Waals surface area contributed by atoms with Crippen LogP contribution in [-0.4, -0.2) is 19.7 Å². The predicted molar refractivity (Wildman–Crippen MR) is 87.4 cm³/mol. The van der Waals surface area contributed by atoms with Gasteiger partial charge in [-0.25, -0.2) is 0 Å². The Bertz CT molecular complexity index is 811. The van der Waals surface area contributed by atoms with Crippen molar-refractivity contribution in [1.82, 2.24) is 19.7 Å². The van der Waals surface area contributed by atoms with Crippen LogP contribution in [-0.2, 0) is 0 Å². The van der Waals surface area contributed by atoms with E-state index in [4.69, 9.17) is 12.2 Å². The SMILES string of the molecule is S=c1[nH]nc(-c2ccncc2)n1-c1cc(Br)ccc1Br. The lowest BCUT2D eigenvalue weighted by Crippen LogP contribution is -1.99. The van der Waals surface area contributed by atoms with Gasteiger partial charge in [0.15, 0.2) is 10.6 Å². The number of aromatic amines is 1. The van der Waals surface area contributed by atoms with Gasteiger partial charge in [-0.2, -0.15) is 5.10 Å². The number of halogens is 2. The van der Waals surface area contributed by atoms with Crippen molar-refractivity contribution in [2.75, 3.05) is 0 Å². The Morgan fingerprint density at radius 2 is 1.85 bits per heavy atom. The molecule has 20 heavy (non-hydrogen) atoms. The van der Waals surface area contributed by atoms with Crippen molar-refractivity contribution in [1.29, 1.82) is 0 Å². The Hall–Kier alpha value is -1.31. The number of hydrogen-bond donors (Lipinski definition) is 1. The Balaban J connectivity index is 2.27. The maximum atomic E-state index is 5.35. The lowest BCUT2D eigenvalue weighted by atomic mass is 10.2. The van der Waals surface area contributed by atoms with Crippen molar-refractivity contribution < 1.29 is 0 Å². The summed E-state index contributed by atoms with van der Waals surface area (Å²) in [5, 5.41) is 7.16. The second-order valence-corrected chi connectivity index (χ2v) is 6.18. The van der Waals surface area contributed by atoms with Crippen LogP contribution in [0.15, 0.2) is 51.7 Å².